The molecule has 2 rings (SSSR count). The molecule has 0 bridgehead atoms. The summed E-state index contributed by atoms with van der Waals surface area (Å²) in [5.74, 6) is -1.36. The molecule has 1 aromatic rings. The highest BCUT2D eigenvalue weighted by Crippen LogP contribution is 2.29. The van der Waals surface area contributed by atoms with E-state index in [0.717, 1.165) is 32.1 Å². The van der Waals surface area contributed by atoms with E-state index >= 15 is 0 Å². The van der Waals surface area contributed by atoms with Gasteiger partial charge in [0.25, 0.3) is 0 Å². The van der Waals surface area contributed by atoms with Crippen molar-refractivity contribution in [3.05, 3.63) is 22.0 Å². The van der Waals surface area contributed by atoms with Crippen molar-refractivity contribution in [1.29, 1.82) is 0 Å². The van der Waals surface area contributed by atoms with Crippen LogP contribution in [-0.4, -0.2) is 25.8 Å². The molecular weight excluding hydrogens is 226 g/mol. The Morgan fingerprint density at radius 2 is 2.12 bits per heavy atom. The lowest BCUT2D eigenvalue weighted by Crippen LogP contribution is -2.14. The van der Waals surface area contributed by atoms with Gasteiger partial charge in [-0.25, -0.2) is 4.79 Å². The zero-order valence-electron chi connectivity index (χ0n) is 9.20. The summed E-state index contributed by atoms with van der Waals surface area (Å²) in [6, 6.07) is 0.0931. The first-order valence-electron chi connectivity index (χ1n) is 5.56. The van der Waals surface area contributed by atoms with Gasteiger partial charge in [0.2, 0.25) is 5.69 Å². The van der Waals surface area contributed by atoms with Crippen LogP contribution in [0.1, 0.15) is 48.6 Å². The highest BCUT2D eigenvalue weighted by Gasteiger charge is 2.28. The van der Waals surface area contributed by atoms with Crippen molar-refractivity contribution in [3.8, 4) is 0 Å². The van der Waals surface area contributed by atoms with E-state index in [1.165, 1.54) is 10.9 Å². The molecule has 1 heterocycles. The van der Waals surface area contributed by atoms with Crippen LogP contribution >= 0.6 is 0 Å². The van der Waals surface area contributed by atoms with E-state index in [-0.39, 0.29) is 6.04 Å². The maximum absolute atomic E-state index is 10.8. The molecule has 0 spiro atoms. The van der Waals surface area contributed by atoms with Gasteiger partial charge in [0, 0.05) is 0 Å². The average Bonchev–Trinajstić information content (AvgIpc) is 2.75. The third-order valence-corrected chi connectivity index (χ3v) is 3.06. The van der Waals surface area contributed by atoms with Gasteiger partial charge in [-0.05, 0) is 12.8 Å². The van der Waals surface area contributed by atoms with Crippen molar-refractivity contribution in [2.45, 2.75) is 38.1 Å². The molecule has 1 saturated carbocycles. The van der Waals surface area contributed by atoms with Crippen molar-refractivity contribution in [2.75, 3.05) is 0 Å². The fraction of sp³-hybridized carbons (Fsp3) is 0.600. The zero-order chi connectivity index (χ0) is 12.4. The van der Waals surface area contributed by atoms with Crippen LogP contribution < -0.4 is 0 Å². The number of rotatable bonds is 3. The van der Waals surface area contributed by atoms with Gasteiger partial charge >= 0.3 is 11.7 Å². The Morgan fingerprint density at radius 1 is 1.47 bits per heavy atom. The molecule has 0 aromatic carbocycles. The van der Waals surface area contributed by atoms with E-state index in [4.69, 9.17) is 5.11 Å². The van der Waals surface area contributed by atoms with E-state index in [1.54, 1.807) is 0 Å². The predicted molar refractivity (Wildman–Crippen MR) is 58.0 cm³/mol. The molecule has 92 valence electrons. The SMILES string of the molecule is O=C(O)c1nn(C2CCCCC2)cc1[N+](=O)[O-]. The number of nitrogens with zero attached hydrogens (tertiary/aromatic N) is 3. The quantitative estimate of drug-likeness (QED) is 0.642. The molecule has 1 aliphatic carbocycles. The monoisotopic (exact) mass is 239 g/mol. The molecule has 7 nitrogen and oxygen atoms in total. The van der Waals surface area contributed by atoms with E-state index < -0.39 is 22.3 Å². The van der Waals surface area contributed by atoms with Crippen LogP contribution in [-0.2, 0) is 0 Å². The van der Waals surface area contributed by atoms with Crippen molar-refractivity contribution >= 4 is 11.7 Å². The van der Waals surface area contributed by atoms with Crippen LogP contribution in [0.3, 0.4) is 0 Å². The van der Waals surface area contributed by atoms with Gasteiger partial charge in [-0.1, -0.05) is 19.3 Å². The van der Waals surface area contributed by atoms with Crippen LogP contribution in [0.5, 0.6) is 0 Å². The lowest BCUT2D eigenvalue weighted by Gasteiger charge is -2.21. The second-order valence-corrected chi connectivity index (χ2v) is 4.20. The maximum atomic E-state index is 10.8. The van der Waals surface area contributed by atoms with E-state index in [0.29, 0.717) is 0 Å². The molecule has 1 aromatic heterocycles. The van der Waals surface area contributed by atoms with E-state index in [9.17, 15) is 14.9 Å². The lowest BCUT2D eigenvalue weighted by molar-refractivity contribution is -0.385. The number of aromatic carboxylic acids is 1. The molecule has 0 radical (unpaired) electrons. The first-order valence-corrected chi connectivity index (χ1v) is 5.56. The largest absolute Gasteiger partial charge is 0.476 e. The standard InChI is InChI=1S/C10H13N3O4/c14-10(15)9-8(13(16)17)6-12(11-9)7-4-2-1-3-5-7/h6-7H,1-5H2,(H,14,15). The topological polar surface area (TPSA) is 98.3 Å². The minimum atomic E-state index is -1.36. The van der Waals surface area contributed by atoms with E-state index in [1.807, 2.05) is 0 Å². The lowest BCUT2D eigenvalue weighted by atomic mass is 9.96. The van der Waals surface area contributed by atoms with Crippen molar-refractivity contribution in [2.24, 2.45) is 0 Å². The Labute approximate surface area is 97.2 Å². The molecule has 1 fully saturated rings. The Balaban J connectivity index is 2.32. The molecule has 0 saturated heterocycles. The third-order valence-electron chi connectivity index (χ3n) is 3.06. The van der Waals surface area contributed by atoms with Gasteiger partial charge < -0.3 is 5.11 Å². The third kappa shape index (κ3) is 2.27. The molecule has 17 heavy (non-hydrogen) atoms. The van der Waals surface area contributed by atoms with Crippen LogP contribution in [0.2, 0.25) is 0 Å². The summed E-state index contributed by atoms with van der Waals surface area (Å²) < 4.78 is 1.45. The van der Waals surface area contributed by atoms with Gasteiger partial charge in [0.05, 0.1) is 11.0 Å². The highest BCUT2D eigenvalue weighted by atomic mass is 16.6. The van der Waals surface area contributed by atoms with Gasteiger partial charge in [-0.15, -0.1) is 0 Å². The van der Waals surface area contributed by atoms with Crippen LogP contribution in [0.4, 0.5) is 5.69 Å². The molecule has 7 heteroatoms. The van der Waals surface area contributed by atoms with Crippen molar-refractivity contribution < 1.29 is 14.8 Å². The van der Waals surface area contributed by atoms with Gasteiger partial charge in [-0.2, -0.15) is 5.10 Å². The van der Waals surface area contributed by atoms with Gasteiger partial charge in [0.15, 0.2) is 0 Å². The van der Waals surface area contributed by atoms with Crippen LogP contribution in [0.25, 0.3) is 0 Å². The maximum Gasteiger partial charge on any atom is 0.363 e. The van der Waals surface area contributed by atoms with Gasteiger partial charge in [-0.3, -0.25) is 14.8 Å². The smallest absolute Gasteiger partial charge is 0.363 e. The number of carboxylic acids is 1. The Kier molecular flexibility index (Phi) is 3.08. The minimum Gasteiger partial charge on any atom is -0.476 e. The molecule has 0 amide bonds. The molecular formula is C10H13N3O4. The molecule has 1 aliphatic rings. The minimum absolute atomic E-state index is 0.0931. The molecule has 0 unspecified atom stereocenters. The Hall–Kier alpha value is -1.92. The van der Waals surface area contributed by atoms with Gasteiger partial charge in [0.1, 0.15) is 6.20 Å². The first kappa shape index (κ1) is 11.6. The fourth-order valence-electron chi connectivity index (χ4n) is 2.20. The van der Waals surface area contributed by atoms with Crippen molar-refractivity contribution in [3.63, 3.8) is 0 Å². The average molecular weight is 239 g/mol. The number of aromatic nitrogens is 2. The Morgan fingerprint density at radius 3 is 2.59 bits per heavy atom. The fourth-order valence-corrected chi connectivity index (χ4v) is 2.20. The molecule has 0 aliphatic heterocycles. The highest BCUT2D eigenvalue weighted by molar-refractivity contribution is 5.89. The summed E-state index contributed by atoms with van der Waals surface area (Å²) >= 11 is 0. The first-order chi connectivity index (χ1) is 8.09. The summed E-state index contributed by atoms with van der Waals surface area (Å²) in [5.41, 5.74) is -0.899. The van der Waals surface area contributed by atoms with Crippen LogP contribution in [0.15, 0.2) is 6.20 Å². The molecule has 0 atom stereocenters. The second-order valence-electron chi connectivity index (χ2n) is 4.20. The summed E-state index contributed by atoms with van der Waals surface area (Å²) in [4.78, 5) is 20.9. The number of hydrogen-bond acceptors (Lipinski definition) is 4. The number of nitro groups is 1. The Bertz CT molecular complexity index is 417. The summed E-state index contributed by atoms with van der Waals surface area (Å²) in [5, 5.41) is 23.4. The normalized spacial score (nSPS) is 16.9. The molecule has 1 N–H and O–H groups in total. The van der Waals surface area contributed by atoms with Crippen molar-refractivity contribution in [1.82, 2.24) is 9.78 Å². The van der Waals surface area contributed by atoms with Crippen LogP contribution in [0, 0.1) is 10.1 Å². The summed E-state index contributed by atoms with van der Waals surface area (Å²) in [7, 11) is 0. The summed E-state index contributed by atoms with van der Waals surface area (Å²) in [6.45, 7) is 0. The second kappa shape index (κ2) is 4.52. The number of hydrogen-bond donors (Lipinski definition) is 1. The van der Waals surface area contributed by atoms with E-state index in [2.05, 4.69) is 5.10 Å². The summed E-state index contributed by atoms with van der Waals surface area (Å²) in [6.07, 6.45) is 6.31. The predicted octanol–water partition coefficient (Wildman–Crippen LogP) is 1.99. The number of carbonyl (C=O) groups is 1. The zero-order valence-corrected chi connectivity index (χ0v) is 9.20. The number of carboxylic acid groups (broad SMARTS) is 1.